The minimum atomic E-state index is 0.345. The number of hydrogen-bond donors (Lipinski definition) is 1. The van der Waals surface area contributed by atoms with Crippen LogP contribution in [0, 0.1) is 5.92 Å². The predicted molar refractivity (Wildman–Crippen MR) is 74.1 cm³/mol. The van der Waals surface area contributed by atoms with Crippen LogP contribution < -0.4 is 5.73 Å². The molecule has 0 bridgehead atoms. The Kier molecular flexibility index (Phi) is 4.87. The Hall–Kier alpha value is -0.0800. The van der Waals surface area contributed by atoms with Crippen LogP contribution >= 0.6 is 0 Å². The lowest BCUT2D eigenvalue weighted by Crippen LogP contribution is -2.54. The summed E-state index contributed by atoms with van der Waals surface area (Å²) in [6.07, 6.45) is 12.6. The van der Waals surface area contributed by atoms with Gasteiger partial charge in [0.05, 0.1) is 0 Å². The maximum absolute atomic E-state index is 6.19. The van der Waals surface area contributed by atoms with Crippen LogP contribution in [0.25, 0.3) is 0 Å². The predicted octanol–water partition coefficient (Wildman–Crippen LogP) is 3.16. The molecule has 0 aromatic heterocycles. The molecule has 0 aromatic rings. The van der Waals surface area contributed by atoms with Gasteiger partial charge in [0, 0.05) is 18.6 Å². The molecule has 0 aliphatic heterocycles. The summed E-state index contributed by atoms with van der Waals surface area (Å²) in [6, 6.07) is 0. The molecule has 2 fully saturated rings. The highest BCUT2D eigenvalue weighted by Gasteiger charge is 2.37. The fourth-order valence-corrected chi connectivity index (χ4v) is 3.48. The summed E-state index contributed by atoms with van der Waals surface area (Å²) >= 11 is 0. The number of nitrogens with zero attached hydrogens (tertiary/aromatic N) is 1. The van der Waals surface area contributed by atoms with Gasteiger partial charge in [-0.15, -0.1) is 0 Å². The maximum atomic E-state index is 6.19. The number of likely N-dealkylation sites (N-methyl/N-ethyl adjacent to an activating group) is 1. The van der Waals surface area contributed by atoms with Crippen LogP contribution in [0.15, 0.2) is 0 Å². The third-order valence-corrected chi connectivity index (χ3v) is 4.89. The average molecular weight is 238 g/mol. The van der Waals surface area contributed by atoms with Crippen LogP contribution in [-0.4, -0.2) is 30.1 Å². The van der Waals surface area contributed by atoms with Crippen molar-refractivity contribution < 1.29 is 0 Å². The van der Waals surface area contributed by atoms with Crippen LogP contribution in [0.3, 0.4) is 0 Å². The topological polar surface area (TPSA) is 29.3 Å². The standard InChI is InChI=1S/C15H30N2/c1-2-17(12-14-8-9-14)15(13-16)10-6-4-3-5-7-11-15/h14H,2-13,16H2,1H3. The highest BCUT2D eigenvalue weighted by atomic mass is 15.2. The first kappa shape index (κ1) is 13.4. The molecule has 2 aliphatic rings. The molecule has 0 radical (unpaired) electrons. The Balaban J connectivity index is 2.01. The third-order valence-electron chi connectivity index (χ3n) is 4.89. The maximum Gasteiger partial charge on any atom is 0.0331 e. The second-order valence-electron chi connectivity index (χ2n) is 6.18. The molecule has 2 rings (SSSR count). The van der Waals surface area contributed by atoms with Crippen molar-refractivity contribution in [1.82, 2.24) is 4.90 Å². The van der Waals surface area contributed by atoms with E-state index in [1.54, 1.807) is 0 Å². The van der Waals surface area contributed by atoms with Crippen molar-refractivity contribution >= 4 is 0 Å². The van der Waals surface area contributed by atoms with E-state index in [9.17, 15) is 0 Å². The van der Waals surface area contributed by atoms with E-state index < -0.39 is 0 Å². The molecule has 0 amide bonds. The number of hydrogen-bond acceptors (Lipinski definition) is 2. The van der Waals surface area contributed by atoms with Gasteiger partial charge >= 0.3 is 0 Å². The van der Waals surface area contributed by atoms with E-state index in [1.165, 1.54) is 70.9 Å². The van der Waals surface area contributed by atoms with E-state index in [-0.39, 0.29) is 0 Å². The summed E-state index contributed by atoms with van der Waals surface area (Å²) in [7, 11) is 0. The highest BCUT2D eigenvalue weighted by Crippen LogP contribution is 2.36. The van der Waals surface area contributed by atoms with Crippen molar-refractivity contribution in [2.75, 3.05) is 19.6 Å². The molecule has 0 aromatic carbocycles. The molecule has 100 valence electrons. The normalized spacial score (nSPS) is 25.6. The molecule has 2 heteroatoms. The van der Waals surface area contributed by atoms with Gasteiger partial charge in [0.25, 0.3) is 0 Å². The van der Waals surface area contributed by atoms with E-state index in [2.05, 4.69) is 11.8 Å². The molecule has 0 spiro atoms. The number of rotatable bonds is 5. The zero-order chi connectivity index (χ0) is 12.1. The van der Waals surface area contributed by atoms with Crippen LogP contribution in [0.1, 0.15) is 64.7 Å². The number of nitrogens with two attached hydrogens (primary N) is 1. The Morgan fingerprint density at radius 3 is 2.12 bits per heavy atom. The van der Waals surface area contributed by atoms with Crippen molar-refractivity contribution in [1.29, 1.82) is 0 Å². The van der Waals surface area contributed by atoms with Gasteiger partial charge in [-0.2, -0.15) is 0 Å². The molecule has 2 N–H and O–H groups in total. The molecular formula is C15H30N2. The molecule has 0 saturated heterocycles. The van der Waals surface area contributed by atoms with Gasteiger partial charge in [-0.1, -0.05) is 39.0 Å². The summed E-state index contributed by atoms with van der Waals surface area (Å²) in [6.45, 7) is 5.69. The van der Waals surface area contributed by atoms with E-state index in [1.807, 2.05) is 0 Å². The van der Waals surface area contributed by atoms with Crippen molar-refractivity contribution in [2.45, 2.75) is 70.3 Å². The third kappa shape index (κ3) is 3.45. The fourth-order valence-electron chi connectivity index (χ4n) is 3.48. The van der Waals surface area contributed by atoms with Crippen molar-refractivity contribution in [3.63, 3.8) is 0 Å². The second-order valence-corrected chi connectivity index (χ2v) is 6.18. The lowest BCUT2D eigenvalue weighted by atomic mass is 9.82. The average Bonchev–Trinajstić information content (AvgIpc) is 3.11. The monoisotopic (exact) mass is 238 g/mol. The molecule has 2 nitrogen and oxygen atoms in total. The summed E-state index contributed by atoms with van der Waals surface area (Å²) in [4.78, 5) is 2.73. The Bertz CT molecular complexity index is 215. The molecular weight excluding hydrogens is 208 g/mol. The SMILES string of the molecule is CCN(CC1CC1)C1(CN)CCCCCCC1. The first-order valence-corrected chi connectivity index (χ1v) is 7.76. The van der Waals surface area contributed by atoms with Crippen LogP contribution in [0.4, 0.5) is 0 Å². The highest BCUT2D eigenvalue weighted by molar-refractivity contribution is 4.94. The zero-order valence-corrected chi connectivity index (χ0v) is 11.6. The van der Waals surface area contributed by atoms with Crippen LogP contribution in [0.2, 0.25) is 0 Å². The van der Waals surface area contributed by atoms with Crippen molar-refractivity contribution in [3.8, 4) is 0 Å². The van der Waals surface area contributed by atoms with Crippen LogP contribution in [0.5, 0.6) is 0 Å². The minimum absolute atomic E-state index is 0.345. The summed E-state index contributed by atoms with van der Waals surface area (Å²) in [5, 5.41) is 0. The lowest BCUT2D eigenvalue weighted by molar-refractivity contribution is 0.0671. The summed E-state index contributed by atoms with van der Waals surface area (Å²) < 4.78 is 0. The zero-order valence-electron chi connectivity index (χ0n) is 11.6. The molecule has 0 atom stereocenters. The van der Waals surface area contributed by atoms with Crippen molar-refractivity contribution in [3.05, 3.63) is 0 Å². The second kappa shape index (κ2) is 6.19. The van der Waals surface area contributed by atoms with Gasteiger partial charge in [0.1, 0.15) is 0 Å². The quantitative estimate of drug-likeness (QED) is 0.797. The van der Waals surface area contributed by atoms with E-state index in [4.69, 9.17) is 5.73 Å². The molecule has 2 aliphatic carbocycles. The molecule has 17 heavy (non-hydrogen) atoms. The van der Waals surface area contributed by atoms with Gasteiger partial charge in [-0.3, -0.25) is 4.90 Å². The van der Waals surface area contributed by atoms with Gasteiger partial charge in [-0.25, -0.2) is 0 Å². The molecule has 2 saturated carbocycles. The Morgan fingerprint density at radius 2 is 1.65 bits per heavy atom. The fraction of sp³-hybridized carbons (Fsp3) is 1.00. The first-order chi connectivity index (χ1) is 8.30. The smallest absolute Gasteiger partial charge is 0.0331 e. The molecule has 0 unspecified atom stereocenters. The Labute approximate surface area is 107 Å². The van der Waals surface area contributed by atoms with Crippen LogP contribution in [-0.2, 0) is 0 Å². The van der Waals surface area contributed by atoms with E-state index >= 15 is 0 Å². The molecule has 0 heterocycles. The van der Waals surface area contributed by atoms with E-state index in [0.29, 0.717) is 5.54 Å². The van der Waals surface area contributed by atoms with Gasteiger partial charge in [-0.05, 0) is 38.1 Å². The minimum Gasteiger partial charge on any atom is -0.329 e. The van der Waals surface area contributed by atoms with Gasteiger partial charge in [0.2, 0.25) is 0 Å². The summed E-state index contributed by atoms with van der Waals surface area (Å²) in [5.41, 5.74) is 6.53. The van der Waals surface area contributed by atoms with Gasteiger partial charge < -0.3 is 5.73 Å². The van der Waals surface area contributed by atoms with Gasteiger partial charge in [0.15, 0.2) is 0 Å². The summed E-state index contributed by atoms with van der Waals surface area (Å²) in [5.74, 6) is 0.990. The first-order valence-electron chi connectivity index (χ1n) is 7.76. The largest absolute Gasteiger partial charge is 0.329 e. The van der Waals surface area contributed by atoms with Crippen molar-refractivity contribution in [2.24, 2.45) is 11.7 Å². The van der Waals surface area contributed by atoms with E-state index in [0.717, 1.165) is 12.5 Å². The Morgan fingerprint density at radius 1 is 1.06 bits per heavy atom. The lowest BCUT2D eigenvalue weighted by Gasteiger charge is -2.44.